The average Bonchev–Trinajstić information content (AvgIpc) is 3.26. The third-order valence-electron chi connectivity index (χ3n) is 4.79. The molecule has 140 valence electrons. The molecule has 0 fully saturated rings. The first-order chi connectivity index (χ1) is 13.6. The molecule has 0 radical (unpaired) electrons. The number of pyridine rings is 1. The van der Waals surface area contributed by atoms with Gasteiger partial charge in [-0.25, -0.2) is 4.98 Å². The highest BCUT2D eigenvalue weighted by atomic mass is 16.5. The van der Waals surface area contributed by atoms with Gasteiger partial charge in [-0.15, -0.1) is 0 Å². The molecule has 0 bridgehead atoms. The van der Waals surface area contributed by atoms with Crippen molar-refractivity contribution in [3.8, 4) is 5.88 Å². The Morgan fingerprint density at radius 2 is 1.93 bits per heavy atom. The Hall–Kier alpha value is -3.67. The van der Waals surface area contributed by atoms with Gasteiger partial charge in [-0.05, 0) is 31.0 Å². The molecule has 0 saturated carbocycles. The molecule has 0 spiro atoms. The van der Waals surface area contributed by atoms with E-state index in [9.17, 15) is 9.59 Å². The molecular weight excluding hydrogens is 354 g/mol. The first kappa shape index (κ1) is 17.7. The monoisotopic (exact) mass is 373 g/mol. The zero-order valence-corrected chi connectivity index (χ0v) is 15.6. The van der Waals surface area contributed by atoms with E-state index in [2.05, 4.69) is 15.0 Å². The number of aromatic amines is 2. The standard InChI is InChI=1S/C22H19N3O3/c1-13-17(11-26)14(2)24-21(13)22(27)18-8-16-9-20(23-10-19(16)25-18)28-12-15-6-4-3-5-7-15/h3-11,24-25H,12H2,1-2H3. The van der Waals surface area contributed by atoms with Gasteiger partial charge in [0, 0.05) is 22.7 Å². The van der Waals surface area contributed by atoms with Crippen molar-refractivity contribution in [1.29, 1.82) is 0 Å². The maximum Gasteiger partial charge on any atom is 0.225 e. The van der Waals surface area contributed by atoms with E-state index < -0.39 is 0 Å². The summed E-state index contributed by atoms with van der Waals surface area (Å²) < 4.78 is 5.75. The lowest BCUT2D eigenvalue weighted by Crippen LogP contribution is -2.04. The molecule has 4 rings (SSSR count). The van der Waals surface area contributed by atoms with Crippen molar-refractivity contribution in [2.24, 2.45) is 0 Å². The molecule has 0 atom stereocenters. The van der Waals surface area contributed by atoms with E-state index in [1.54, 1.807) is 32.2 Å². The minimum absolute atomic E-state index is 0.198. The van der Waals surface area contributed by atoms with Crippen molar-refractivity contribution in [3.05, 3.63) is 82.4 Å². The predicted octanol–water partition coefficient (Wildman–Crippen LogP) is 4.13. The van der Waals surface area contributed by atoms with E-state index in [4.69, 9.17) is 4.74 Å². The number of ether oxygens (including phenoxy) is 1. The minimum atomic E-state index is -0.198. The molecule has 0 aliphatic rings. The second-order valence-electron chi connectivity index (χ2n) is 6.68. The summed E-state index contributed by atoms with van der Waals surface area (Å²) in [5.74, 6) is 0.293. The first-order valence-corrected chi connectivity index (χ1v) is 8.91. The molecule has 0 saturated heterocycles. The fraction of sp³-hybridized carbons (Fsp3) is 0.136. The fourth-order valence-corrected chi connectivity index (χ4v) is 3.25. The van der Waals surface area contributed by atoms with Crippen LogP contribution in [0.25, 0.3) is 10.9 Å². The predicted molar refractivity (Wildman–Crippen MR) is 106 cm³/mol. The third kappa shape index (κ3) is 3.20. The number of fused-ring (bicyclic) bond motifs is 1. The summed E-state index contributed by atoms with van der Waals surface area (Å²) in [6.07, 6.45) is 2.42. The number of hydrogen-bond acceptors (Lipinski definition) is 4. The number of rotatable bonds is 6. The molecule has 1 aromatic carbocycles. The molecule has 0 aliphatic carbocycles. The second kappa shape index (κ2) is 7.15. The average molecular weight is 373 g/mol. The molecule has 0 amide bonds. The lowest BCUT2D eigenvalue weighted by Gasteiger charge is -2.04. The van der Waals surface area contributed by atoms with Crippen LogP contribution in [0.3, 0.4) is 0 Å². The van der Waals surface area contributed by atoms with Crippen LogP contribution in [0.5, 0.6) is 5.88 Å². The zero-order chi connectivity index (χ0) is 19.7. The van der Waals surface area contributed by atoms with Crippen molar-refractivity contribution >= 4 is 23.0 Å². The van der Waals surface area contributed by atoms with Gasteiger partial charge in [0.2, 0.25) is 11.7 Å². The van der Waals surface area contributed by atoms with Crippen LogP contribution in [0.2, 0.25) is 0 Å². The fourth-order valence-electron chi connectivity index (χ4n) is 3.25. The minimum Gasteiger partial charge on any atom is -0.473 e. The summed E-state index contributed by atoms with van der Waals surface area (Å²) in [6, 6.07) is 13.4. The summed E-state index contributed by atoms with van der Waals surface area (Å²) in [7, 11) is 0. The van der Waals surface area contributed by atoms with Gasteiger partial charge >= 0.3 is 0 Å². The van der Waals surface area contributed by atoms with E-state index in [0.717, 1.165) is 22.8 Å². The number of H-pyrrole nitrogens is 2. The SMILES string of the molecule is Cc1[nH]c(C(=O)c2cc3cc(OCc4ccccc4)ncc3[nH]2)c(C)c1C=O. The number of aldehydes is 1. The topological polar surface area (TPSA) is 87.8 Å². The number of aryl methyl sites for hydroxylation is 1. The third-order valence-corrected chi connectivity index (χ3v) is 4.79. The van der Waals surface area contributed by atoms with Gasteiger partial charge in [-0.2, -0.15) is 0 Å². The molecule has 6 heteroatoms. The molecule has 6 nitrogen and oxygen atoms in total. The van der Waals surface area contributed by atoms with Gasteiger partial charge < -0.3 is 14.7 Å². The van der Waals surface area contributed by atoms with Crippen molar-refractivity contribution < 1.29 is 14.3 Å². The Morgan fingerprint density at radius 3 is 2.64 bits per heavy atom. The number of hydrogen-bond donors (Lipinski definition) is 2. The van der Waals surface area contributed by atoms with Crippen LogP contribution in [-0.4, -0.2) is 27.0 Å². The largest absolute Gasteiger partial charge is 0.473 e. The highest BCUT2D eigenvalue weighted by Crippen LogP contribution is 2.23. The van der Waals surface area contributed by atoms with Crippen LogP contribution in [0.4, 0.5) is 0 Å². The van der Waals surface area contributed by atoms with Gasteiger partial charge in [0.15, 0.2) is 6.29 Å². The zero-order valence-electron chi connectivity index (χ0n) is 15.6. The highest BCUT2D eigenvalue weighted by molar-refractivity contribution is 6.10. The van der Waals surface area contributed by atoms with E-state index in [1.165, 1.54) is 0 Å². The number of aromatic nitrogens is 3. The first-order valence-electron chi connectivity index (χ1n) is 8.91. The van der Waals surface area contributed by atoms with Crippen molar-refractivity contribution in [3.63, 3.8) is 0 Å². The van der Waals surface area contributed by atoms with Crippen LogP contribution in [0.15, 0.2) is 48.7 Å². The second-order valence-corrected chi connectivity index (χ2v) is 6.68. The summed E-state index contributed by atoms with van der Waals surface area (Å²) in [4.78, 5) is 34.5. The molecule has 4 aromatic rings. The smallest absolute Gasteiger partial charge is 0.225 e. The Bertz CT molecular complexity index is 1170. The van der Waals surface area contributed by atoms with Gasteiger partial charge in [0.05, 0.1) is 23.1 Å². The molecule has 28 heavy (non-hydrogen) atoms. The van der Waals surface area contributed by atoms with E-state index in [-0.39, 0.29) is 5.78 Å². The summed E-state index contributed by atoms with van der Waals surface area (Å²) >= 11 is 0. The number of nitrogens with zero attached hydrogens (tertiary/aromatic N) is 1. The summed E-state index contributed by atoms with van der Waals surface area (Å²) in [5, 5.41) is 0.831. The van der Waals surface area contributed by atoms with Crippen LogP contribution >= 0.6 is 0 Å². The summed E-state index contributed by atoms with van der Waals surface area (Å²) in [6.45, 7) is 3.96. The summed E-state index contributed by atoms with van der Waals surface area (Å²) in [5.41, 5.74) is 4.51. The normalized spacial score (nSPS) is 10.9. The maximum atomic E-state index is 12.9. The van der Waals surface area contributed by atoms with E-state index in [0.29, 0.717) is 40.7 Å². The number of nitrogens with one attached hydrogen (secondary N) is 2. The van der Waals surface area contributed by atoms with Gasteiger partial charge in [-0.1, -0.05) is 30.3 Å². The van der Waals surface area contributed by atoms with E-state index in [1.807, 2.05) is 30.3 Å². The molecule has 3 aromatic heterocycles. The number of carbonyl (C=O) groups is 2. The number of carbonyl (C=O) groups excluding carboxylic acids is 2. The van der Waals surface area contributed by atoms with Crippen molar-refractivity contribution in [1.82, 2.24) is 15.0 Å². The Morgan fingerprint density at radius 1 is 1.14 bits per heavy atom. The van der Waals surface area contributed by atoms with Crippen LogP contribution in [-0.2, 0) is 6.61 Å². The van der Waals surface area contributed by atoms with E-state index >= 15 is 0 Å². The highest BCUT2D eigenvalue weighted by Gasteiger charge is 2.20. The lowest BCUT2D eigenvalue weighted by molar-refractivity contribution is 0.103. The number of benzene rings is 1. The van der Waals surface area contributed by atoms with Crippen molar-refractivity contribution in [2.75, 3.05) is 0 Å². The lowest BCUT2D eigenvalue weighted by atomic mass is 10.1. The maximum absolute atomic E-state index is 12.9. The molecule has 2 N–H and O–H groups in total. The Kier molecular flexibility index (Phi) is 4.53. The molecule has 0 aliphatic heterocycles. The van der Waals surface area contributed by atoms with Crippen LogP contribution in [0, 0.1) is 13.8 Å². The van der Waals surface area contributed by atoms with Gasteiger partial charge in [-0.3, -0.25) is 9.59 Å². The Labute approximate surface area is 161 Å². The molecule has 3 heterocycles. The van der Waals surface area contributed by atoms with Crippen LogP contribution in [0.1, 0.15) is 43.4 Å². The Balaban J connectivity index is 1.59. The van der Waals surface area contributed by atoms with Crippen molar-refractivity contribution in [2.45, 2.75) is 20.5 Å². The van der Waals surface area contributed by atoms with Gasteiger partial charge in [0.1, 0.15) is 6.61 Å². The van der Waals surface area contributed by atoms with Crippen LogP contribution < -0.4 is 4.74 Å². The number of ketones is 1. The molecular formula is C22H19N3O3. The van der Waals surface area contributed by atoms with Gasteiger partial charge in [0.25, 0.3) is 0 Å². The quantitative estimate of drug-likeness (QED) is 0.393. The molecule has 0 unspecified atom stereocenters.